The van der Waals surface area contributed by atoms with Crippen LogP contribution in [0.3, 0.4) is 0 Å². The highest BCUT2D eigenvalue weighted by Gasteiger charge is 2.02. The van der Waals surface area contributed by atoms with Crippen LogP contribution in [0.5, 0.6) is 0 Å². The molecule has 0 N–H and O–H groups in total. The fourth-order valence-electron chi connectivity index (χ4n) is 0.786. The molecule has 1 aromatic heterocycles. The Hall–Kier alpha value is -1.36. The first-order chi connectivity index (χ1) is 4.74. The molecule has 0 aliphatic rings. The molecule has 2 heteroatoms. The summed E-state index contributed by atoms with van der Waals surface area (Å²) in [5.41, 5.74) is 1.81. The predicted octanol–water partition coefficient (Wildman–Crippen LogP) is 0.691. The summed E-state index contributed by atoms with van der Waals surface area (Å²) in [5.74, 6) is 0. The molecule has 50 valence electrons. The molecule has 0 aromatic carbocycles. The highest BCUT2D eigenvalue weighted by atomic mass is 14.9. The molecule has 0 spiro atoms. The van der Waals surface area contributed by atoms with Gasteiger partial charge in [0, 0.05) is 12.1 Å². The lowest BCUT2D eigenvalue weighted by Gasteiger charge is -1.90. The Morgan fingerprint density at radius 3 is 2.80 bits per heavy atom. The van der Waals surface area contributed by atoms with E-state index in [4.69, 9.17) is 5.26 Å². The van der Waals surface area contributed by atoms with E-state index in [-0.39, 0.29) is 0 Å². The van der Waals surface area contributed by atoms with Gasteiger partial charge in [-0.1, -0.05) is 0 Å². The first kappa shape index (κ1) is 6.76. The quantitative estimate of drug-likeness (QED) is 0.478. The Bertz CT molecular complexity index is 284. The van der Waals surface area contributed by atoms with Gasteiger partial charge in [-0.25, -0.2) is 0 Å². The third-order valence-corrected chi connectivity index (χ3v) is 1.42. The van der Waals surface area contributed by atoms with Crippen LogP contribution >= 0.6 is 0 Å². The van der Waals surface area contributed by atoms with Crippen LogP contribution in [-0.4, -0.2) is 0 Å². The van der Waals surface area contributed by atoms with Crippen LogP contribution in [0.15, 0.2) is 18.3 Å². The van der Waals surface area contributed by atoms with Gasteiger partial charge in [-0.15, -0.1) is 0 Å². The number of hydrogen-bond donors (Lipinski definition) is 0. The maximum atomic E-state index is 8.57. The van der Waals surface area contributed by atoms with Crippen molar-refractivity contribution in [2.45, 2.75) is 6.92 Å². The molecule has 10 heavy (non-hydrogen) atoms. The number of rotatable bonds is 0. The van der Waals surface area contributed by atoms with E-state index in [1.165, 1.54) is 0 Å². The molecular weight excluding hydrogens is 124 g/mol. The minimum atomic E-state index is 0.694. The smallest absolute Gasteiger partial charge is 0.192 e. The first-order valence-corrected chi connectivity index (χ1v) is 3.10. The molecule has 2 nitrogen and oxygen atoms in total. The van der Waals surface area contributed by atoms with Gasteiger partial charge in [-0.2, -0.15) is 9.83 Å². The molecular formula is C8H9N2+. The largest absolute Gasteiger partial charge is 0.283 e. The summed E-state index contributed by atoms with van der Waals surface area (Å²) in [4.78, 5) is 0. The summed E-state index contributed by atoms with van der Waals surface area (Å²) >= 11 is 0. The maximum absolute atomic E-state index is 8.57. The van der Waals surface area contributed by atoms with Crippen molar-refractivity contribution in [3.05, 3.63) is 29.6 Å². The van der Waals surface area contributed by atoms with Crippen LogP contribution in [0.4, 0.5) is 0 Å². The zero-order valence-electron chi connectivity index (χ0n) is 6.13. The number of pyridine rings is 1. The number of hydrogen-bond acceptors (Lipinski definition) is 1. The van der Waals surface area contributed by atoms with Gasteiger partial charge in [0.25, 0.3) is 5.69 Å². The monoisotopic (exact) mass is 133 g/mol. The Labute approximate surface area is 60.3 Å². The minimum absolute atomic E-state index is 0.694. The lowest BCUT2D eigenvalue weighted by Crippen LogP contribution is -2.31. The van der Waals surface area contributed by atoms with Crippen molar-refractivity contribution < 1.29 is 4.57 Å². The van der Waals surface area contributed by atoms with Gasteiger partial charge in [0.1, 0.15) is 7.05 Å². The molecule has 0 bridgehead atoms. The van der Waals surface area contributed by atoms with Crippen LogP contribution in [-0.2, 0) is 7.05 Å². The number of aromatic nitrogens is 1. The topological polar surface area (TPSA) is 27.7 Å². The highest BCUT2D eigenvalue weighted by molar-refractivity contribution is 5.19. The molecule has 1 aromatic rings. The summed E-state index contributed by atoms with van der Waals surface area (Å²) in [6.07, 6.45) is 1.88. The molecule has 0 fully saturated rings. The molecule has 1 heterocycles. The van der Waals surface area contributed by atoms with Crippen LogP contribution < -0.4 is 4.57 Å². The molecule has 0 aliphatic heterocycles. The normalized spacial score (nSPS) is 8.90. The van der Waals surface area contributed by atoms with E-state index in [0.29, 0.717) is 5.69 Å². The van der Waals surface area contributed by atoms with E-state index in [9.17, 15) is 0 Å². The summed E-state index contributed by atoms with van der Waals surface area (Å²) in [5, 5.41) is 8.57. The Balaban J connectivity index is 3.25. The van der Waals surface area contributed by atoms with Crippen LogP contribution in [0.25, 0.3) is 0 Å². The molecule has 0 aliphatic carbocycles. The van der Waals surface area contributed by atoms with Gasteiger partial charge in [0.05, 0.1) is 0 Å². The molecule has 1 rings (SSSR count). The molecule has 0 atom stereocenters. The van der Waals surface area contributed by atoms with Crippen molar-refractivity contribution in [3.8, 4) is 6.07 Å². The number of nitriles is 1. The maximum Gasteiger partial charge on any atom is 0.283 e. The second kappa shape index (κ2) is 2.49. The van der Waals surface area contributed by atoms with E-state index in [1.54, 1.807) is 4.57 Å². The van der Waals surface area contributed by atoms with Crippen molar-refractivity contribution in [1.82, 2.24) is 0 Å². The van der Waals surface area contributed by atoms with E-state index >= 15 is 0 Å². The average molecular weight is 133 g/mol. The second-order valence-electron chi connectivity index (χ2n) is 2.31. The minimum Gasteiger partial charge on any atom is -0.192 e. The number of nitrogens with zero attached hydrogens (tertiary/aromatic N) is 2. The van der Waals surface area contributed by atoms with E-state index in [1.807, 2.05) is 32.3 Å². The van der Waals surface area contributed by atoms with Crippen molar-refractivity contribution in [1.29, 1.82) is 5.26 Å². The van der Waals surface area contributed by atoms with Crippen molar-refractivity contribution in [3.63, 3.8) is 0 Å². The van der Waals surface area contributed by atoms with Gasteiger partial charge >= 0.3 is 0 Å². The molecule has 0 radical (unpaired) electrons. The summed E-state index contributed by atoms with van der Waals surface area (Å²) in [6.45, 7) is 1.97. The lowest BCUT2D eigenvalue weighted by atomic mass is 10.2. The van der Waals surface area contributed by atoms with Crippen molar-refractivity contribution >= 4 is 0 Å². The summed E-state index contributed by atoms with van der Waals surface area (Å²) in [7, 11) is 1.86. The van der Waals surface area contributed by atoms with Crippen molar-refractivity contribution in [2.75, 3.05) is 0 Å². The predicted molar refractivity (Wildman–Crippen MR) is 37.1 cm³/mol. The highest BCUT2D eigenvalue weighted by Crippen LogP contribution is 1.94. The van der Waals surface area contributed by atoms with Crippen molar-refractivity contribution in [2.24, 2.45) is 7.05 Å². The zero-order chi connectivity index (χ0) is 7.56. The Morgan fingerprint density at radius 1 is 1.60 bits per heavy atom. The van der Waals surface area contributed by atoms with Crippen LogP contribution in [0, 0.1) is 18.3 Å². The van der Waals surface area contributed by atoms with Gasteiger partial charge in [0.15, 0.2) is 12.3 Å². The Morgan fingerprint density at radius 2 is 2.30 bits per heavy atom. The first-order valence-electron chi connectivity index (χ1n) is 3.10. The molecule has 0 saturated heterocycles. The summed E-state index contributed by atoms with van der Waals surface area (Å²) in [6, 6.07) is 5.93. The van der Waals surface area contributed by atoms with E-state index in [0.717, 1.165) is 5.56 Å². The van der Waals surface area contributed by atoms with Gasteiger partial charge in [0.2, 0.25) is 0 Å². The third-order valence-electron chi connectivity index (χ3n) is 1.42. The molecule has 0 saturated carbocycles. The van der Waals surface area contributed by atoms with E-state index < -0.39 is 0 Å². The zero-order valence-corrected chi connectivity index (χ0v) is 6.13. The van der Waals surface area contributed by atoms with E-state index in [2.05, 4.69) is 6.07 Å². The van der Waals surface area contributed by atoms with Crippen LogP contribution in [0.1, 0.15) is 11.3 Å². The average Bonchev–Trinajstić information content (AvgIpc) is 1.94. The number of aryl methyl sites for hydroxylation is 2. The SMILES string of the molecule is Cc1cc[n+](C)c(C#N)c1. The fraction of sp³-hybridized carbons (Fsp3) is 0.250. The van der Waals surface area contributed by atoms with Crippen LogP contribution in [0.2, 0.25) is 0 Å². The lowest BCUT2D eigenvalue weighted by molar-refractivity contribution is -0.674. The second-order valence-corrected chi connectivity index (χ2v) is 2.31. The van der Waals surface area contributed by atoms with Gasteiger partial charge in [-0.05, 0) is 12.5 Å². The van der Waals surface area contributed by atoms with Gasteiger partial charge < -0.3 is 0 Å². The standard InChI is InChI=1S/C8H9N2/c1-7-3-4-10(2)8(5-7)6-9/h3-5H,1-2H3/q+1. The fourth-order valence-corrected chi connectivity index (χ4v) is 0.786. The summed E-state index contributed by atoms with van der Waals surface area (Å²) < 4.78 is 1.80. The molecule has 0 amide bonds. The Kier molecular flexibility index (Phi) is 1.68. The van der Waals surface area contributed by atoms with Gasteiger partial charge in [-0.3, -0.25) is 0 Å². The third kappa shape index (κ3) is 1.14. The molecule has 0 unspecified atom stereocenters.